The number of carboxylic acids is 1. The Kier molecular flexibility index (Phi) is 8.38. The summed E-state index contributed by atoms with van der Waals surface area (Å²) in [7, 11) is 0. The summed E-state index contributed by atoms with van der Waals surface area (Å²) in [5.74, 6) is -1.17. The number of carbonyl (C=O) groups excluding carboxylic acids is 1. The highest BCUT2D eigenvalue weighted by atomic mass is 16.6. The number of benzene rings is 1. The van der Waals surface area contributed by atoms with E-state index in [1.807, 2.05) is 24.3 Å². The molecule has 1 aromatic carbocycles. The number of nitrogens with one attached hydrogen (secondary N) is 1. The lowest BCUT2D eigenvalue weighted by molar-refractivity contribution is -0.141. The van der Waals surface area contributed by atoms with Gasteiger partial charge in [-0.3, -0.25) is 0 Å². The number of rotatable bonds is 9. The number of ether oxygens (including phenoxy) is 2. The first kappa shape index (κ1) is 21.8. The fourth-order valence-corrected chi connectivity index (χ4v) is 2.31. The largest absolute Gasteiger partial charge is 0.480 e. The molecule has 26 heavy (non-hydrogen) atoms. The van der Waals surface area contributed by atoms with Crippen LogP contribution < -0.4 is 10.2 Å². The maximum atomic E-state index is 11.7. The highest BCUT2D eigenvalue weighted by Gasteiger charge is 2.24. The van der Waals surface area contributed by atoms with Crippen molar-refractivity contribution in [1.29, 1.82) is 0 Å². The number of carboxylic acid groups (broad SMARTS) is 1. The fourth-order valence-electron chi connectivity index (χ4n) is 2.31. The SMILES string of the molecule is CCN(CC)c1ccc(COC[C@H](NC(=O)OC(C)(C)C)C(=O)O)cc1. The second-order valence-corrected chi connectivity index (χ2v) is 6.89. The summed E-state index contributed by atoms with van der Waals surface area (Å²) in [5, 5.41) is 11.5. The summed E-state index contributed by atoms with van der Waals surface area (Å²) >= 11 is 0. The number of aliphatic carboxylic acids is 1. The molecule has 0 aliphatic carbocycles. The Morgan fingerprint density at radius 3 is 2.19 bits per heavy atom. The molecule has 7 nitrogen and oxygen atoms in total. The van der Waals surface area contributed by atoms with Crippen LogP contribution in [-0.4, -0.2) is 48.5 Å². The van der Waals surface area contributed by atoms with Crippen molar-refractivity contribution in [3.63, 3.8) is 0 Å². The van der Waals surface area contributed by atoms with Gasteiger partial charge in [-0.05, 0) is 52.3 Å². The molecular formula is C19H30N2O5. The van der Waals surface area contributed by atoms with Gasteiger partial charge in [0.05, 0.1) is 13.2 Å². The van der Waals surface area contributed by atoms with E-state index in [0.29, 0.717) is 0 Å². The van der Waals surface area contributed by atoms with E-state index >= 15 is 0 Å². The van der Waals surface area contributed by atoms with E-state index < -0.39 is 23.7 Å². The van der Waals surface area contributed by atoms with Gasteiger partial charge in [-0.25, -0.2) is 9.59 Å². The van der Waals surface area contributed by atoms with Crippen molar-refractivity contribution >= 4 is 17.7 Å². The summed E-state index contributed by atoms with van der Waals surface area (Å²) in [6.45, 7) is 11.3. The third-order valence-electron chi connectivity index (χ3n) is 3.61. The summed E-state index contributed by atoms with van der Waals surface area (Å²) in [6.07, 6.45) is -0.780. The van der Waals surface area contributed by atoms with Gasteiger partial charge in [-0.1, -0.05) is 12.1 Å². The van der Waals surface area contributed by atoms with Crippen LogP contribution >= 0.6 is 0 Å². The molecule has 0 fully saturated rings. The molecule has 1 atom stereocenters. The topological polar surface area (TPSA) is 88.1 Å². The van der Waals surface area contributed by atoms with Gasteiger partial charge in [0, 0.05) is 18.8 Å². The molecule has 0 aromatic heterocycles. The lowest BCUT2D eigenvalue weighted by atomic mass is 10.2. The van der Waals surface area contributed by atoms with Crippen molar-refractivity contribution in [3.05, 3.63) is 29.8 Å². The van der Waals surface area contributed by atoms with Crippen molar-refractivity contribution in [1.82, 2.24) is 5.32 Å². The minimum absolute atomic E-state index is 0.146. The first-order valence-electron chi connectivity index (χ1n) is 8.80. The van der Waals surface area contributed by atoms with Gasteiger partial charge >= 0.3 is 12.1 Å². The number of alkyl carbamates (subject to hydrolysis) is 1. The van der Waals surface area contributed by atoms with Gasteiger partial charge in [0.25, 0.3) is 0 Å². The van der Waals surface area contributed by atoms with Crippen LogP contribution in [0.2, 0.25) is 0 Å². The third-order valence-corrected chi connectivity index (χ3v) is 3.61. The smallest absolute Gasteiger partial charge is 0.408 e. The molecule has 0 spiro atoms. The van der Waals surface area contributed by atoms with Crippen molar-refractivity contribution in [2.45, 2.75) is 52.9 Å². The molecule has 0 heterocycles. The number of nitrogens with zero attached hydrogens (tertiary/aromatic N) is 1. The van der Waals surface area contributed by atoms with Crippen LogP contribution in [0.5, 0.6) is 0 Å². The molecule has 0 radical (unpaired) electrons. The first-order chi connectivity index (χ1) is 12.2. The normalized spacial score (nSPS) is 12.3. The van der Waals surface area contributed by atoms with Gasteiger partial charge in [0.15, 0.2) is 6.04 Å². The van der Waals surface area contributed by atoms with Crippen molar-refractivity contribution in [2.24, 2.45) is 0 Å². The average molecular weight is 366 g/mol. The van der Waals surface area contributed by atoms with Crippen LogP contribution in [0.15, 0.2) is 24.3 Å². The molecule has 1 amide bonds. The minimum atomic E-state index is -1.17. The summed E-state index contributed by atoms with van der Waals surface area (Å²) in [6, 6.07) is 6.76. The zero-order valence-electron chi connectivity index (χ0n) is 16.2. The van der Waals surface area contributed by atoms with E-state index in [-0.39, 0.29) is 13.2 Å². The number of carbonyl (C=O) groups is 2. The summed E-state index contributed by atoms with van der Waals surface area (Å²) in [4.78, 5) is 25.2. The average Bonchev–Trinajstić information content (AvgIpc) is 2.54. The van der Waals surface area contributed by atoms with Crippen molar-refractivity contribution < 1.29 is 24.2 Å². The Balaban J connectivity index is 2.52. The molecule has 0 unspecified atom stereocenters. The van der Waals surface area contributed by atoms with Gasteiger partial charge in [0.2, 0.25) is 0 Å². The van der Waals surface area contributed by atoms with Gasteiger partial charge < -0.3 is 24.8 Å². The zero-order valence-corrected chi connectivity index (χ0v) is 16.2. The van der Waals surface area contributed by atoms with E-state index in [9.17, 15) is 14.7 Å². The van der Waals surface area contributed by atoms with Crippen LogP contribution in [0.25, 0.3) is 0 Å². The van der Waals surface area contributed by atoms with Crippen LogP contribution in [0, 0.1) is 0 Å². The molecule has 1 rings (SSSR count). The maximum absolute atomic E-state index is 11.7. The molecule has 0 saturated heterocycles. The monoisotopic (exact) mass is 366 g/mol. The lowest BCUT2D eigenvalue weighted by Crippen LogP contribution is -2.46. The quantitative estimate of drug-likeness (QED) is 0.698. The molecular weight excluding hydrogens is 336 g/mol. The second-order valence-electron chi connectivity index (χ2n) is 6.89. The summed E-state index contributed by atoms with van der Waals surface area (Å²) < 4.78 is 10.5. The zero-order chi connectivity index (χ0) is 19.7. The second kappa shape index (κ2) is 10.0. The van der Waals surface area contributed by atoms with E-state index in [1.165, 1.54) is 0 Å². The predicted molar refractivity (Wildman–Crippen MR) is 100 cm³/mol. The van der Waals surface area contributed by atoms with Crippen LogP contribution in [0.1, 0.15) is 40.2 Å². The minimum Gasteiger partial charge on any atom is -0.480 e. The van der Waals surface area contributed by atoms with E-state index in [0.717, 1.165) is 24.3 Å². The predicted octanol–water partition coefficient (Wildman–Crippen LogP) is 3.03. The highest BCUT2D eigenvalue weighted by Crippen LogP contribution is 2.15. The molecule has 0 aliphatic heterocycles. The molecule has 0 aliphatic rings. The Morgan fingerprint density at radius 2 is 1.73 bits per heavy atom. The number of anilines is 1. The molecule has 7 heteroatoms. The molecule has 0 bridgehead atoms. The number of hydrogen-bond donors (Lipinski definition) is 2. The van der Waals surface area contributed by atoms with E-state index in [4.69, 9.17) is 9.47 Å². The molecule has 2 N–H and O–H groups in total. The number of hydrogen-bond acceptors (Lipinski definition) is 5. The Hall–Kier alpha value is -2.28. The standard InChI is InChI=1S/C19H30N2O5/c1-6-21(7-2)15-10-8-14(9-11-15)12-25-13-16(17(22)23)20-18(24)26-19(3,4)5/h8-11,16H,6-7,12-13H2,1-5H3,(H,20,24)(H,22,23)/t16-/m0/s1. The fraction of sp³-hybridized carbons (Fsp3) is 0.579. The Morgan fingerprint density at radius 1 is 1.15 bits per heavy atom. The van der Waals surface area contributed by atoms with E-state index in [1.54, 1.807) is 20.8 Å². The van der Waals surface area contributed by atoms with Gasteiger partial charge in [-0.15, -0.1) is 0 Å². The highest BCUT2D eigenvalue weighted by molar-refractivity contribution is 5.80. The molecule has 0 saturated carbocycles. The first-order valence-corrected chi connectivity index (χ1v) is 8.80. The van der Waals surface area contributed by atoms with Crippen LogP contribution in [0.4, 0.5) is 10.5 Å². The molecule has 1 aromatic rings. The van der Waals surface area contributed by atoms with Gasteiger partial charge in [-0.2, -0.15) is 0 Å². The Labute approximate surface area is 155 Å². The van der Waals surface area contributed by atoms with Crippen LogP contribution in [0.3, 0.4) is 0 Å². The van der Waals surface area contributed by atoms with Gasteiger partial charge in [0.1, 0.15) is 5.60 Å². The lowest BCUT2D eigenvalue weighted by Gasteiger charge is -2.22. The number of amides is 1. The van der Waals surface area contributed by atoms with Crippen molar-refractivity contribution in [3.8, 4) is 0 Å². The Bertz CT molecular complexity index is 577. The maximum Gasteiger partial charge on any atom is 0.408 e. The third kappa shape index (κ3) is 7.74. The summed E-state index contributed by atoms with van der Waals surface area (Å²) in [5.41, 5.74) is 1.37. The van der Waals surface area contributed by atoms with Crippen molar-refractivity contribution in [2.75, 3.05) is 24.6 Å². The molecule has 146 valence electrons. The van der Waals surface area contributed by atoms with E-state index in [2.05, 4.69) is 24.1 Å². The van der Waals surface area contributed by atoms with Crippen LogP contribution in [-0.2, 0) is 20.9 Å².